The largest absolute Gasteiger partial charge is 0.493 e. The van der Waals surface area contributed by atoms with Crippen LogP contribution in [0.1, 0.15) is 28.4 Å². The Morgan fingerprint density at radius 3 is 2.25 bits per heavy atom. The number of carbonyl (C=O) groups is 1. The van der Waals surface area contributed by atoms with Crippen LogP contribution >= 0.6 is 12.4 Å². The van der Waals surface area contributed by atoms with Gasteiger partial charge in [0.1, 0.15) is 0 Å². The molecule has 2 rings (SSSR count). The molecule has 6 heteroatoms. The SMILES string of the molecule is CCOc1cc(CNCc2ccc(C(=O)O)cc2)ccc1OC.Cl. The van der Waals surface area contributed by atoms with Crippen LogP contribution in [0.25, 0.3) is 0 Å². The molecule has 0 atom stereocenters. The average Bonchev–Trinajstić information content (AvgIpc) is 2.56. The second-order valence-electron chi connectivity index (χ2n) is 5.02. The third kappa shape index (κ3) is 5.44. The Morgan fingerprint density at radius 1 is 1.04 bits per heavy atom. The standard InChI is InChI=1S/C18H21NO4.ClH/c1-3-23-17-10-14(6-9-16(17)22-2)12-19-11-13-4-7-15(8-5-13)18(20)21;/h4-10,19H,3,11-12H2,1-2H3,(H,20,21);1H. The molecule has 0 aromatic heterocycles. The van der Waals surface area contributed by atoms with E-state index in [1.165, 1.54) is 0 Å². The molecular weight excluding hydrogens is 330 g/mol. The van der Waals surface area contributed by atoms with Gasteiger partial charge < -0.3 is 19.9 Å². The highest BCUT2D eigenvalue weighted by atomic mass is 35.5. The summed E-state index contributed by atoms with van der Waals surface area (Å²) < 4.78 is 10.8. The number of halogens is 1. The van der Waals surface area contributed by atoms with Gasteiger partial charge in [-0.1, -0.05) is 18.2 Å². The molecule has 24 heavy (non-hydrogen) atoms. The summed E-state index contributed by atoms with van der Waals surface area (Å²) in [6.45, 7) is 3.87. The van der Waals surface area contributed by atoms with Gasteiger partial charge in [0.15, 0.2) is 11.5 Å². The van der Waals surface area contributed by atoms with Crippen LogP contribution in [0.4, 0.5) is 0 Å². The molecule has 0 aliphatic heterocycles. The first-order chi connectivity index (χ1) is 11.1. The summed E-state index contributed by atoms with van der Waals surface area (Å²) in [6, 6.07) is 12.7. The molecule has 2 N–H and O–H groups in total. The van der Waals surface area contributed by atoms with Crippen molar-refractivity contribution in [3.8, 4) is 11.5 Å². The van der Waals surface area contributed by atoms with Crippen LogP contribution in [0.3, 0.4) is 0 Å². The molecule has 5 nitrogen and oxygen atoms in total. The number of hydrogen-bond donors (Lipinski definition) is 2. The second kappa shape index (κ2) is 9.80. The molecule has 0 saturated heterocycles. The van der Waals surface area contributed by atoms with Gasteiger partial charge in [-0.2, -0.15) is 0 Å². The van der Waals surface area contributed by atoms with Crippen molar-refractivity contribution in [2.75, 3.05) is 13.7 Å². The third-order valence-electron chi connectivity index (χ3n) is 3.39. The quantitative estimate of drug-likeness (QED) is 0.761. The molecule has 0 fully saturated rings. The minimum absolute atomic E-state index is 0. The van der Waals surface area contributed by atoms with Crippen molar-refractivity contribution >= 4 is 18.4 Å². The van der Waals surface area contributed by atoms with E-state index in [0.717, 1.165) is 22.6 Å². The van der Waals surface area contributed by atoms with Gasteiger partial charge in [-0.05, 0) is 42.3 Å². The zero-order chi connectivity index (χ0) is 16.7. The van der Waals surface area contributed by atoms with E-state index in [0.29, 0.717) is 25.3 Å². The van der Waals surface area contributed by atoms with E-state index in [4.69, 9.17) is 14.6 Å². The van der Waals surface area contributed by atoms with Gasteiger partial charge in [-0.25, -0.2) is 4.79 Å². The predicted octanol–water partition coefficient (Wildman–Crippen LogP) is 3.50. The molecule has 0 saturated carbocycles. The molecule has 0 heterocycles. The van der Waals surface area contributed by atoms with E-state index in [2.05, 4.69) is 5.32 Å². The zero-order valence-electron chi connectivity index (χ0n) is 13.7. The number of benzene rings is 2. The second-order valence-corrected chi connectivity index (χ2v) is 5.02. The summed E-state index contributed by atoms with van der Waals surface area (Å²) in [5.74, 6) is 0.547. The van der Waals surface area contributed by atoms with Gasteiger partial charge in [-0.15, -0.1) is 12.4 Å². The van der Waals surface area contributed by atoms with Crippen LogP contribution in [-0.2, 0) is 13.1 Å². The maximum absolute atomic E-state index is 10.8. The first-order valence-electron chi connectivity index (χ1n) is 7.46. The number of methoxy groups -OCH3 is 1. The number of carboxylic acids is 1. The molecule has 2 aromatic carbocycles. The van der Waals surface area contributed by atoms with Crippen molar-refractivity contribution < 1.29 is 19.4 Å². The number of hydrogen-bond acceptors (Lipinski definition) is 4. The Kier molecular flexibility index (Phi) is 8.09. The van der Waals surface area contributed by atoms with E-state index in [1.54, 1.807) is 19.2 Å². The first kappa shape index (κ1) is 19.8. The first-order valence-corrected chi connectivity index (χ1v) is 7.46. The summed E-state index contributed by atoms with van der Waals surface area (Å²) in [5, 5.41) is 12.2. The van der Waals surface area contributed by atoms with E-state index < -0.39 is 5.97 Å². The highest BCUT2D eigenvalue weighted by molar-refractivity contribution is 5.87. The lowest BCUT2D eigenvalue weighted by Gasteiger charge is -2.11. The topological polar surface area (TPSA) is 67.8 Å². The number of aromatic carboxylic acids is 1. The third-order valence-corrected chi connectivity index (χ3v) is 3.39. The summed E-state index contributed by atoms with van der Waals surface area (Å²) in [7, 11) is 1.62. The Hall–Kier alpha value is -2.24. The molecule has 0 spiro atoms. The van der Waals surface area contributed by atoms with E-state index in [-0.39, 0.29) is 12.4 Å². The van der Waals surface area contributed by atoms with Gasteiger partial charge in [0.2, 0.25) is 0 Å². The molecule has 0 aliphatic carbocycles. The number of rotatable bonds is 8. The summed E-state index contributed by atoms with van der Waals surface area (Å²) in [6.07, 6.45) is 0. The molecule has 130 valence electrons. The van der Waals surface area contributed by atoms with E-state index in [9.17, 15) is 4.79 Å². The van der Waals surface area contributed by atoms with Crippen molar-refractivity contribution in [1.82, 2.24) is 5.32 Å². The molecule has 0 amide bonds. The number of carboxylic acid groups (broad SMARTS) is 1. The predicted molar refractivity (Wildman–Crippen MR) is 95.4 cm³/mol. The van der Waals surface area contributed by atoms with Crippen LogP contribution in [-0.4, -0.2) is 24.8 Å². The lowest BCUT2D eigenvalue weighted by Crippen LogP contribution is -2.13. The van der Waals surface area contributed by atoms with Gasteiger partial charge in [0.05, 0.1) is 19.3 Å². The van der Waals surface area contributed by atoms with Crippen molar-refractivity contribution in [1.29, 1.82) is 0 Å². The van der Waals surface area contributed by atoms with E-state index in [1.807, 2.05) is 37.3 Å². The lowest BCUT2D eigenvalue weighted by atomic mass is 10.1. The van der Waals surface area contributed by atoms with Crippen LogP contribution < -0.4 is 14.8 Å². The fourth-order valence-corrected chi connectivity index (χ4v) is 2.22. The van der Waals surface area contributed by atoms with Crippen LogP contribution in [0, 0.1) is 0 Å². The summed E-state index contributed by atoms with van der Waals surface area (Å²) in [4.78, 5) is 10.8. The Morgan fingerprint density at radius 2 is 1.67 bits per heavy atom. The smallest absolute Gasteiger partial charge is 0.335 e. The maximum Gasteiger partial charge on any atom is 0.335 e. The molecule has 2 aromatic rings. The van der Waals surface area contributed by atoms with Gasteiger partial charge in [0.25, 0.3) is 0 Å². The van der Waals surface area contributed by atoms with Gasteiger partial charge in [0, 0.05) is 13.1 Å². The van der Waals surface area contributed by atoms with Crippen molar-refractivity contribution in [2.24, 2.45) is 0 Å². The van der Waals surface area contributed by atoms with Crippen molar-refractivity contribution in [2.45, 2.75) is 20.0 Å². The van der Waals surface area contributed by atoms with Crippen LogP contribution in [0.5, 0.6) is 11.5 Å². The molecule has 0 bridgehead atoms. The average molecular weight is 352 g/mol. The monoisotopic (exact) mass is 351 g/mol. The normalized spacial score (nSPS) is 9.92. The van der Waals surface area contributed by atoms with Gasteiger partial charge >= 0.3 is 5.97 Å². The highest BCUT2D eigenvalue weighted by Crippen LogP contribution is 2.27. The molecule has 0 radical (unpaired) electrons. The maximum atomic E-state index is 10.8. The van der Waals surface area contributed by atoms with Crippen molar-refractivity contribution in [3.05, 3.63) is 59.2 Å². The van der Waals surface area contributed by atoms with Gasteiger partial charge in [-0.3, -0.25) is 0 Å². The van der Waals surface area contributed by atoms with Crippen LogP contribution in [0.2, 0.25) is 0 Å². The minimum atomic E-state index is -0.911. The molecule has 0 unspecified atom stereocenters. The minimum Gasteiger partial charge on any atom is -0.493 e. The molecular formula is C18H22ClNO4. The highest BCUT2D eigenvalue weighted by Gasteiger charge is 2.05. The van der Waals surface area contributed by atoms with Crippen LogP contribution in [0.15, 0.2) is 42.5 Å². The Bertz CT molecular complexity index is 659. The number of nitrogens with one attached hydrogen (secondary N) is 1. The van der Waals surface area contributed by atoms with Crippen molar-refractivity contribution in [3.63, 3.8) is 0 Å². The Labute approximate surface area is 148 Å². The zero-order valence-corrected chi connectivity index (χ0v) is 14.6. The summed E-state index contributed by atoms with van der Waals surface area (Å²) in [5.41, 5.74) is 2.43. The fourth-order valence-electron chi connectivity index (χ4n) is 2.22. The fraction of sp³-hybridized carbons (Fsp3) is 0.278. The number of ether oxygens (including phenoxy) is 2. The molecule has 0 aliphatic rings. The summed E-state index contributed by atoms with van der Waals surface area (Å²) >= 11 is 0. The van der Waals surface area contributed by atoms with E-state index >= 15 is 0 Å². The lowest BCUT2D eigenvalue weighted by molar-refractivity contribution is 0.0697. The Balaban J connectivity index is 0.00000288.